The highest BCUT2D eigenvalue weighted by Gasteiger charge is 1.77. The van der Waals surface area contributed by atoms with Gasteiger partial charge in [0.1, 0.15) is 14.1 Å². The standard InChI is InChI=1S/C5H9NO/c1-5(7)4-6(2)3/h1-3H3/p+1. The Morgan fingerprint density at radius 1 is 1.57 bits per heavy atom. The van der Waals surface area contributed by atoms with Crippen LogP contribution in [0.5, 0.6) is 0 Å². The van der Waals surface area contributed by atoms with Crippen LogP contribution in [0.4, 0.5) is 0 Å². The van der Waals surface area contributed by atoms with Gasteiger partial charge in [0.05, 0.1) is 0 Å². The SMILES string of the molecule is CC(O)=C=[N+](C)C. The number of nitrogens with zero attached hydrogens (tertiary/aromatic N) is 1. The number of hydrogen-bond donors (Lipinski definition) is 1. The molecule has 0 bridgehead atoms. The first-order valence-electron chi connectivity index (χ1n) is 2.09. The zero-order valence-electron chi connectivity index (χ0n) is 4.89. The van der Waals surface area contributed by atoms with Gasteiger partial charge in [-0.15, -0.1) is 0 Å². The van der Waals surface area contributed by atoms with E-state index in [0.29, 0.717) is 0 Å². The third kappa shape index (κ3) is 5.25. The van der Waals surface area contributed by atoms with Gasteiger partial charge in [-0.25, -0.2) is 0 Å². The summed E-state index contributed by atoms with van der Waals surface area (Å²) in [5.74, 6) is 2.82. The zero-order valence-corrected chi connectivity index (χ0v) is 4.89. The second-order valence-electron chi connectivity index (χ2n) is 1.59. The Balaban J connectivity index is 4.13. The smallest absolute Gasteiger partial charge is 0.208 e. The van der Waals surface area contributed by atoms with E-state index in [4.69, 9.17) is 5.11 Å². The van der Waals surface area contributed by atoms with Gasteiger partial charge in [-0.3, -0.25) is 0 Å². The van der Waals surface area contributed by atoms with E-state index in [1.165, 1.54) is 0 Å². The number of hydrogen-bond acceptors (Lipinski definition) is 1. The van der Waals surface area contributed by atoms with Gasteiger partial charge in [-0.05, 0) is 0 Å². The molecule has 0 aliphatic carbocycles. The molecule has 0 radical (unpaired) electrons. The summed E-state index contributed by atoms with van der Waals surface area (Å²) in [6.07, 6.45) is 0. The lowest BCUT2D eigenvalue weighted by Gasteiger charge is -1.74. The van der Waals surface area contributed by atoms with Crippen LogP contribution in [0.15, 0.2) is 5.76 Å². The average Bonchev–Trinajstić information content (AvgIpc) is 1.27. The Morgan fingerprint density at radius 3 is 2.00 bits per heavy atom. The van der Waals surface area contributed by atoms with Crippen molar-refractivity contribution in [2.45, 2.75) is 6.92 Å². The quantitative estimate of drug-likeness (QED) is 0.265. The fraction of sp³-hybridized carbons (Fsp3) is 0.600. The van der Waals surface area contributed by atoms with Gasteiger partial charge >= 0.3 is 0 Å². The van der Waals surface area contributed by atoms with Gasteiger partial charge in [-0.1, -0.05) is 0 Å². The molecule has 7 heavy (non-hydrogen) atoms. The molecule has 0 unspecified atom stereocenters. The lowest BCUT2D eigenvalue weighted by Crippen LogP contribution is -1.93. The van der Waals surface area contributed by atoms with Gasteiger partial charge < -0.3 is 5.11 Å². The number of allylic oxidation sites excluding steroid dienone is 1. The summed E-state index contributed by atoms with van der Waals surface area (Å²) < 4.78 is 1.66. The highest BCUT2D eigenvalue weighted by molar-refractivity contribution is 5.47. The molecular formula is C5H10NO+. The summed E-state index contributed by atoms with van der Waals surface area (Å²) in [5.41, 5.74) is 0. The van der Waals surface area contributed by atoms with Gasteiger partial charge in [0.2, 0.25) is 5.87 Å². The average molecular weight is 100 g/mol. The number of aliphatic hydroxyl groups is 1. The first-order valence-corrected chi connectivity index (χ1v) is 2.09. The molecule has 0 aliphatic heterocycles. The molecule has 0 aromatic heterocycles. The molecule has 0 amide bonds. The van der Waals surface area contributed by atoms with Crippen LogP contribution in [-0.2, 0) is 0 Å². The van der Waals surface area contributed by atoms with Crippen molar-refractivity contribution in [2.24, 2.45) is 0 Å². The molecule has 0 atom stereocenters. The highest BCUT2D eigenvalue weighted by atomic mass is 16.3. The van der Waals surface area contributed by atoms with E-state index in [1.54, 1.807) is 25.6 Å². The first-order chi connectivity index (χ1) is 3.13. The molecule has 2 nitrogen and oxygen atoms in total. The molecule has 0 aliphatic rings. The van der Waals surface area contributed by atoms with E-state index in [9.17, 15) is 0 Å². The fourth-order valence-corrected chi connectivity index (χ4v) is 0.324. The van der Waals surface area contributed by atoms with Crippen molar-refractivity contribution >= 4 is 5.87 Å². The Morgan fingerprint density at radius 2 is 2.00 bits per heavy atom. The summed E-state index contributed by atoms with van der Waals surface area (Å²) in [6.45, 7) is 1.58. The molecule has 1 N–H and O–H groups in total. The van der Waals surface area contributed by atoms with Crippen molar-refractivity contribution in [2.75, 3.05) is 14.1 Å². The van der Waals surface area contributed by atoms with E-state index in [2.05, 4.69) is 5.87 Å². The molecule has 40 valence electrons. The molecule has 0 saturated heterocycles. The Kier molecular flexibility index (Phi) is 2.17. The summed E-state index contributed by atoms with van der Waals surface area (Å²) >= 11 is 0. The van der Waals surface area contributed by atoms with Crippen LogP contribution in [0.2, 0.25) is 0 Å². The molecular weight excluding hydrogens is 90.1 g/mol. The van der Waals surface area contributed by atoms with Crippen LogP contribution >= 0.6 is 0 Å². The van der Waals surface area contributed by atoms with Crippen LogP contribution in [0.25, 0.3) is 0 Å². The van der Waals surface area contributed by atoms with E-state index in [0.717, 1.165) is 0 Å². The van der Waals surface area contributed by atoms with Gasteiger partial charge in [0, 0.05) is 6.92 Å². The molecule has 0 saturated carbocycles. The van der Waals surface area contributed by atoms with Crippen LogP contribution < -0.4 is 0 Å². The second kappa shape index (κ2) is 2.43. The molecule has 0 aromatic carbocycles. The third-order valence-electron chi connectivity index (χ3n) is 0.385. The minimum absolute atomic E-state index is 0.213. The third-order valence-corrected chi connectivity index (χ3v) is 0.385. The maximum absolute atomic E-state index is 8.49. The number of aliphatic hydroxyl groups excluding tert-OH is 1. The monoisotopic (exact) mass is 100 g/mol. The number of rotatable bonds is 0. The molecule has 0 spiro atoms. The normalized spacial score (nSPS) is 7.29. The lowest BCUT2D eigenvalue weighted by atomic mass is 10.6. The first kappa shape index (κ1) is 6.25. The second-order valence-corrected chi connectivity index (χ2v) is 1.59. The van der Waals surface area contributed by atoms with E-state index < -0.39 is 0 Å². The summed E-state index contributed by atoms with van der Waals surface area (Å²) in [4.78, 5) is 0. The zero-order chi connectivity index (χ0) is 5.86. The van der Waals surface area contributed by atoms with Crippen LogP contribution in [0, 0.1) is 0 Å². The summed E-state index contributed by atoms with van der Waals surface area (Å²) in [5, 5.41) is 8.49. The van der Waals surface area contributed by atoms with Crippen LogP contribution in [-0.4, -0.2) is 29.6 Å². The van der Waals surface area contributed by atoms with Crippen molar-refractivity contribution in [3.63, 3.8) is 0 Å². The molecule has 0 heterocycles. The topological polar surface area (TPSA) is 23.2 Å². The fourth-order valence-electron chi connectivity index (χ4n) is 0.324. The van der Waals surface area contributed by atoms with Crippen molar-refractivity contribution in [1.29, 1.82) is 0 Å². The highest BCUT2D eigenvalue weighted by Crippen LogP contribution is 1.67. The van der Waals surface area contributed by atoms with E-state index in [-0.39, 0.29) is 5.76 Å². The predicted octanol–water partition coefficient (Wildman–Crippen LogP) is 0.390. The summed E-state index contributed by atoms with van der Waals surface area (Å²) in [6, 6.07) is 0. The minimum atomic E-state index is 0.213. The maximum Gasteiger partial charge on any atom is 0.208 e. The van der Waals surface area contributed by atoms with Crippen molar-refractivity contribution < 1.29 is 9.68 Å². The molecule has 0 aromatic rings. The maximum atomic E-state index is 8.49. The van der Waals surface area contributed by atoms with E-state index >= 15 is 0 Å². The van der Waals surface area contributed by atoms with Crippen molar-refractivity contribution in [3.05, 3.63) is 5.76 Å². The lowest BCUT2D eigenvalue weighted by molar-refractivity contribution is -0.457. The molecule has 2 heteroatoms. The van der Waals surface area contributed by atoms with Gasteiger partial charge in [-0.2, -0.15) is 4.58 Å². The van der Waals surface area contributed by atoms with Crippen molar-refractivity contribution in [1.82, 2.24) is 0 Å². The van der Waals surface area contributed by atoms with Gasteiger partial charge in [0.25, 0.3) is 0 Å². The Hall–Kier alpha value is -0.750. The Labute approximate surface area is 43.4 Å². The summed E-state index contributed by atoms with van der Waals surface area (Å²) in [7, 11) is 3.61. The molecule has 0 fully saturated rings. The largest absolute Gasteiger partial charge is 0.500 e. The molecule has 0 rings (SSSR count). The minimum Gasteiger partial charge on any atom is -0.500 e. The predicted molar refractivity (Wildman–Crippen MR) is 28.9 cm³/mol. The van der Waals surface area contributed by atoms with Crippen LogP contribution in [0.1, 0.15) is 6.92 Å². The van der Waals surface area contributed by atoms with Crippen LogP contribution in [0.3, 0.4) is 0 Å². The van der Waals surface area contributed by atoms with Gasteiger partial charge in [0.15, 0.2) is 5.76 Å². The van der Waals surface area contributed by atoms with Crippen molar-refractivity contribution in [3.8, 4) is 0 Å². The van der Waals surface area contributed by atoms with E-state index in [1.807, 2.05) is 0 Å². The Bertz CT molecular complexity index is 100.